The van der Waals surface area contributed by atoms with Crippen LogP contribution in [0.15, 0.2) is 48.5 Å². The number of alkyl halides is 3. The molecule has 0 aliphatic heterocycles. The molecule has 166 valence electrons. The van der Waals surface area contributed by atoms with E-state index in [0.717, 1.165) is 0 Å². The molecule has 0 aromatic heterocycles. The van der Waals surface area contributed by atoms with Gasteiger partial charge in [0.1, 0.15) is 5.60 Å². The highest BCUT2D eigenvalue weighted by atomic mass is 19.4. The van der Waals surface area contributed by atoms with E-state index >= 15 is 0 Å². The third-order valence-corrected chi connectivity index (χ3v) is 3.74. The molecule has 0 bridgehead atoms. The van der Waals surface area contributed by atoms with Crippen LogP contribution in [0, 0.1) is 0 Å². The number of carbonyl (C=O) groups excluding carboxylic acids is 3. The number of benzene rings is 2. The largest absolute Gasteiger partial charge is 0.471 e. The van der Waals surface area contributed by atoms with Crippen molar-refractivity contribution in [3.8, 4) is 0 Å². The lowest BCUT2D eigenvalue weighted by Gasteiger charge is -2.20. The highest BCUT2D eigenvalue weighted by molar-refractivity contribution is 6.06. The molecule has 3 N–H and O–H groups in total. The number of amides is 3. The van der Waals surface area contributed by atoms with E-state index < -0.39 is 29.7 Å². The summed E-state index contributed by atoms with van der Waals surface area (Å²) in [6, 6.07) is 12.2. The van der Waals surface area contributed by atoms with Gasteiger partial charge in [0.25, 0.3) is 5.91 Å². The Kier molecular flexibility index (Phi) is 7.27. The fourth-order valence-corrected chi connectivity index (χ4v) is 2.37. The van der Waals surface area contributed by atoms with Crippen molar-refractivity contribution in [2.24, 2.45) is 0 Å². The van der Waals surface area contributed by atoms with Gasteiger partial charge >= 0.3 is 18.2 Å². The Labute approximate surface area is 177 Å². The summed E-state index contributed by atoms with van der Waals surface area (Å²) in [5.41, 5.74) is 0.597. The summed E-state index contributed by atoms with van der Waals surface area (Å²) in [4.78, 5) is 35.4. The van der Waals surface area contributed by atoms with Gasteiger partial charge in [-0.15, -0.1) is 0 Å². The van der Waals surface area contributed by atoms with Crippen molar-refractivity contribution >= 4 is 29.3 Å². The summed E-state index contributed by atoms with van der Waals surface area (Å²) in [6.45, 7) is 4.83. The highest BCUT2D eigenvalue weighted by Crippen LogP contribution is 2.23. The number of ether oxygens (including phenoxy) is 1. The lowest BCUT2D eigenvalue weighted by molar-refractivity contribution is -0.173. The fraction of sp³-hybridized carbons (Fsp3) is 0.286. The molecule has 0 saturated heterocycles. The molecular weight excluding hydrogens is 415 g/mol. The van der Waals surface area contributed by atoms with Gasteiger partial charge in [0, 0.05) is 12.1 Å². The smallest absolute Gasteiger partial charge is 0.444 e. The summed E-state index contributed by atoms with van der Waals surface area (Å²) in [5, 5.41) is 6.97. The molecule has 10 heteroatoms. The number of hydrogen-bond acceptors (Lipinski definition) is 4. The van der Waals surface area contributed by atoms with Crippen LogP contribution in [0.5, 0.6) is 0 Å². The number of rotatable bonds is 5. The molecule has 7 nitrogen and oxygen atoms in total. The van der Waals surface area contributed by atoms with Crippen LogP contribution in [-0.4, -0.2) is 29.7 Å². The van der Waals surface area contributed by atoms with Gasteiger partial charge in [-0.3, -0.25) is 14.9 Å². The first-order valence-corrected chi connectivity index (χ1v) is 9.19. The van der Waals surface area contributed by atoms with E-state index in [1.54, 1.807) is 50.4 Å². The maximum Gasteiger partial charge on any atom is 0.471 e. The van der Waals surface area contributed by atoms with Gasteiger partial charge in [-0.05, 0) is 50.6 Å². The first-order chi connectivity index (χ1) is 14.3. The minimum atomic E-state index is -4.96. The van der Waals surface area contributed by atoms with Gasteiger partial charge in [-0.1, -0.05) is 24.3 Å². The molecule has 0 unspecified atom stereocenters. The average Bonchev–Trinajstić information content (AvgIpc) is 2.65. The Bertz CT molecular complexity index is 952. The van der Waals surface area contributed by atoms with E-state index in [1.807, 2.05) is 0 Å². The zero-order valence-electron chi connectivity index (χ0n) is 17.1. The normalized spacial score (nSPS) is 11.4. The van der Waals surface area contributed by atoms with Crippen molar-refractivity contribution < 1.29 is 32.3 Å². The van der Waals surface area contributed by atoms with E-state index in [4.69, 9.17) is 4.74 Å². The Balaban J connectivity index is 2.02. The van der Waals surface area contributed by atoms with Crippen molar-refractivity contribution in [3.63, 3.8) is 0 Å². The van der Waals surface area contributed by atoms with Crippen LogP contribution in [0.4, 0.5) is 29.3 Å². The van der Waals surface area contributed by atoms with E-state index in [-0.39, 0.29) is 12.1 Å². The molecular formula is C21H22F3N3O4. The summed E-state index contributed by atoms with van der Waals surface area (Å²) in [7, 11) is 0. The van der Waals surface area contributed by atoms with Crippen molar-refractivity contribution in [2.45, 2.75) is 39.1 Å². The third-order valence-electron chi connectivity index (χ3n) is 3.74. The SMILES string of the molecule is CC(C)(C)OC(=O)Nc1ccccc1NC(=O)c1ccc(CNC(=O)C(F)(F)F)cc1. The van der Waals surface area contributed by atoms with Crippen molar-refractivity contribution in [1.29, 1.82) is 0 Å². The molecule has 2 aromatic carbocycles. The van der Waals surface area contributed by atoms with Gasteiger partial charge in [0.15, 0.2) is 0 Å². The van der Waals surface area contributed by atoms with Crippen molar-refractivity contribution in [1.82, 2.24) is 5.32 Å². The molecule has 31 heavy (non-hydrogen) atoms. The number of nitrogens with one attached hydrogen (secondary N) is 3. The molecule has 0 radical (unpaired) electrons. The third kappa shape index (κ3) is 7.65. The van der Waals surface area contributed by atoms with E-state index in [0.29, 0.717) is 16.9 Å². The Morgan fingerprint density at radius 3 is 1.94 bits per heavy atom. The molecule has 2 aromatic rings. The highest BCUT2D eigenvalue weighted by Gasteiger charge is 2.38. The van der Waals surface area contributed by atoms with Gasteiger partial charge in [-0.2, -0.15) is 13.2 Å². The van der Waals surface area contributed by atoms with Crippen LogP contribution in [0.3, 0.4) is 0 Å². The molecule has 3 amide bonds. The molecule has 0 heterocycles. The minimum Gasteiger partial charge on any atom is -0.444 e. The van der Waals surface area contributed by atoms with Gasteiger partial charge in [0.05, 0.1) is 11.4 Å². The Morgan fingerprint density at radius 1 is 0.871 bits per heavy atom. The summed E-state index contributed by atoms with van der Waals surface area (Å²) >= 11 is 0. The number of carbonyl (C=O) groups is 3. The summed E-state index contributed by atoms with van der Waals surface area (Å²) in [5.74, 6) is -2.53. The first kappa shape index (κ1) is 23.7. The predicted molar refractivity (Wildman–Crippen MR) is 109 cm³/mol. The number of halogens is 3. The molecule has 0 atom stereocenters. The molecule has 0 aliphatic carbocycles. The second-order valence-electron chi connectivity index (χ2n) is 7.50. The molecule has 0 spiro atoms. The minimum absolute atomic E-state index is 0.234. The van der Waals surface area contributed by atoms with E-state index in [1.165, 1.54) is 24.3 Å². The predicted octanol–water partition coefficient (Wildman–Crippen LogP) is 4.46. The van der Waals surface area contributed by atoms with Gasteiger partial charge in [-0.25, -0.2) is 4.79 Å². The van der Waals surface area contributed by atoms with Gasteiger partial charge in [0.2, 0.25) is 0 Å². The number of anilines is 2. The Hall–Kier alpha value is -3.56. The van der Waals surface area contributed by atoms with Crippen LogP contribution in [0.25, 0.3) is 0 Å². The molecule has 2 rings (SSSR count). The lowest BCUT2D eigenvalue weighted by Crippen LogP contribution is -2.36. The second kappa shape index (κ2) is 9.50. The summed E-state index contributed by atoms with van der Waals surface area (Å²) in [6.07, 6.45) is -5.64. The van der Waals surface area contributed by atoms with Crippen LogP contribution >= 0.6 is 0 Å². The number of para-hydroxylation sites is 2. The maximum atomic E-state index is 12.5. The van der Waals surface area contributed by atoms with Crippen LogP contribution in [0.1, 0.15) is 36.7 Å². The van der Waals surface area contributed by atoms with Crippen LogP contribution in [-0.2, 0) is 16.1 Å². The topological polar surface area (TPSA) is 96.5 Å². The molecule has 0 fully saturated rings. The standard InChI is InChI=1S/C21H22F3N3O4/c1-20(2,3)31-19(30)27-16-7-5-4-6-15(16)26-17(28)14-10-8-13(9-11-14)12-25-18(29)21(22,23)24/h4-11H,12H2,1-3H3,(H,25,29)(H,26,28)(H,27,30). The monoisotopic (exact) mass is 437 g/mol. The lowest BCUT2D eigenvalue weighted by atomic mass is 10.1. The van der Waals surface area contributed by atoms with E-state index in [9.17, 15) is 27.6 Å². The maximum absolute atomic E-state index is 12.5. The zero-order chi connectivity index (χ0) is 23.2. The van der Waals surface area contributed by atoms with Crippen LogP contribution < -0.4 is 16.0 Å². The Morgan fingerprint density at radius 2 is 1.42 bits per heavy atom. The zero-order valence-corrected chi connectivity index (χ0v) is 17.1. The average molecular weight is 437 g/mol. The summed E-state index contributed by atoms with van der Waals surface area (Å²) < 4.78 is 41.9. The van der Waals surface area contributed by atoms with Crippen molar-refractivity contribution in [2.75, 3.05) is 10.6 Å². The number of hydrogen-bond donors (Lipinski definition) is 3. The van der Waals surface area contributed by atoms with E-state index in [2.05, 4.69) is 10.6 Å². The fourth-order valence-electron chi connectivity index (χ4n) is 2.37. The van der Waals surface area contributed by atoms with Gasteiger partial charge < -0.3 is 15.4 Å². The first-order valence-electron chi connectivity index (χ1n) is 9.19. The molecule has 0 saturated carbocycles. The van der Waals surface area contributed by atoms with Crippen molar-refractivity contribution in [3.05, 3.63) is 59.7 Å². The second-order valence-corrected chi connectivity index (χ2v) is 7.50. The quantitative estimate of drug-likeness (QED) is 0.643. The molecule has 0 aliphatic rings. The van der Waals surface area contributed by atoms with Crippen LogP contribution in [0.2, 0.25) is 0 Å².